The van der Waals surface area contributed by atoms with Crippen molar-refractivity contribution in [2.75, 3.05) is 5.32 Å². The summed E-state index contributed by atoms with van der Waals surface area (Å²) >= 11 is 1.71. The summed E-state index contributed by atoms with van der Waals surface area (Å²) in [5.74, 6) is 0. The van der Waals surface area contributed by atoms with Gasteiger partial charge in [-0.25, -0.2) is 4.98 Å². The van der Waals surface area contributed by atoms with Crippen molar-refractivity contribution in [3.05, 3.63) is 59.2 Å². The fourth-order valence-corrected chi connectivity index (χ4v) is 3.07. The minimum absolute atomic E-state index is 0.820. The molecule has 0 unspecified atom stereocenters. The second-order valence-electron chi connectivity index (χ2n) is 4.83. The Kier molecular flexibility index (Phi) is 3.22. The molecule has 0 radical (unpaired) electrons. The van der Waals surface area contributed by atoms with Crippen LogP contribution in [-0.4, -0.2) is 4.98 Å². The van der Waals surface area contributed by atoms with Gasteiger partial charge in [0, 0.05) is 6.54 Å². The van der Waals surface area contributed by atoms with E-state index in [1.165, 1.54) is 21.4 Å². The van der Waals surface area contributed by atoms with Crippen molar-refractivity contribution in [2.24, 2.45) is 0 Å². The van der Waals surface area contributed by atoms with E-state index in [9.17, 15) is 0 Å². The Morgan fingerprint density at radius 1 is 1.05 bits per heavy atom. The van der Waals surface area contributed by atoms with E-state index in [2.05, 4.69) is 66.6 Å². The molecule has 0 spiro atoms. The van der Waals surface area contributed by atoms with E-state index in [1.54, 1.807) is 11.3 Å². The van der Waals surface area contributed by atoms with E-state index in [0.29, 0.717) is 0 Å². The molecule has 0 bridgehead atoms. The maximum absolute atomic E-state index is 4.60. The number of anilines is 1. The molecular formula is C16H16N2S. The van der Waals surface area contributed by atoms with Crippen molar-refractivity contribution >= 4 is 26.7 Å². The Bertz CT molecular complexity index is 716. The molecule has 0 aliphatic rings. The van der Waals surface area contributed by atoms with E-state index in [-0.39, 0.29) is 0 Å². The fraction of sp³-hybridized carbons (Fsp3) is 0.188. The summed E-state index contributed by atoms with van der Waals surface area (Å²) in [6, 6.07) is 14.9. The van der Waals surface area contributed by atoms with Crippen LogP contribution in [-0.2, 0) is 6.54 Å². The zero-order valence-electron chi connectivity index (χ0n) is 11.1. The van der Waals surface area contributed by atoms with Crippen LogP contribution >= 0.6 is 11.3 Å². The first-order valence-corrected chi connectivity index (χ1v) is 7.19. The minimum Gasteiger partial charge on any atom is -0.357 e. The van der Waals surface area contributed by atoms with E-state index in [1.807, 2.05) is 0 Å². The Balaban J connectivity index is 1.78. The van der Waals surface area contributed by atoms with Crippen LogP contribution in [0.3, 0.4) is 0 Å². The van der Waals surface area contributed by atoms with E-state index >= 15 is 0 Å². The third kappa shape index (κ3) is 2.76. The maximum Gasteiger partial charge on any atom is 0.184 e. The van der Waals surface area contributed by atoms with Crippen LogP contribution in [0.2, 0.25) is 0 Å². The van der Waals surface area contributed by atoms with Crippen LogP contribution in [0.1, 0.15) is 16.7 Å². The fourth-order valence-electron chi connectivity index (χ4n) is 2.11. The maximum atomic E-state index is 4.60. The molecule has 0 amide bonds. The third-order valence-electron chi connectivity index (χ3n) is 3.07. The number of nitrogens with one attached hydrogen (secondary N) is 1. The number of thiazole rings is 1. The summed E-state index contributed by atoms with van der Waals surface area (Å²) in [4.78, 5) is 4.60. The number of aryl methyl sites for hydroxylation is 2. The van der Waals surface area contributed by atoms with Gasteiger partial charge in [0.15, 0.2) is 5.13 Å². The summed E-state index contributed by atoms with van der Waals surface area (Å²) in [6.07, 6.45) is 0. The molecule has 0 aliphatic heterocycles. The molecule has 2 aromatic carbocycles. The van der Waals surface area contributed by atoms with Crippen LogP contribution in [0.5, 0.6) is 0 Å². The molecule has 3 aromatic rings. The zero-order chi connectivity index (χ0) is 13.2. The Labute approximate surface area is 117 Å². The van der Waals surface area contributed by atoms with Crippen LogP contribution in [0.4, 0.5) is 5.13 Å². The third-order valence-corrected chi connectivity index (χ3v) is 4.05. The largest absolute Gasteiger partial charge is 0.357 e. The second kappa shape index (κ2) is 5.02. The van der Waals surface area contributed by atoms with Gasteiger partial charge >= 0.3 is 0 Å². The van der Waals surface area contributed by atoms with Gasteiger partial charge in [-0.15, -0.1) is 0 Å². The Hall–Kier alpha value is -1.87. The molecule has 19 heavy (non-hydrogen) atoms. The normalized spacial score (nSPS) is 10.8. The summed E-state index contributed by atoms with van der Waals surface area (Å²) < 4.78 is 1.24. The molecule has 1 heterocycles. The van der Waals surface area contributed by atoms with Crippen molar-refractivity contribution in [3.63, 3.8) is 0 Å². The molecule has 0 saturated carbocycles. The highest BCUT2D eigenvalue weighted by Gasteiger charge is 2.03. The Morgan fingerprint density at radius 2 is 1.89 bits per heavy atom. The molecule has 2 nitrogen and oxygen atoms in total. The highest BCUT2D eigenvalue weighted by Crippen LogP contribution is 2.26. The number of hydrogen-bond acceptors (Lipinski definition) is 3. The van der Waals surface area contributed by atoms with Crippen molar-refractivity contribution < 1.29 is 0 Å². The SMILES string of the molecule is Cc1cccc(CNc2nc3ccc(C)cc3s2)c1. The zero-order valence-corrected chi connectivity index (χ0v) is 11.9. The van der Waals surface area contributed by atoms with E-state index in [0.717, 1.165) is 17.2 Å². The van der Waals surface area contributed by atoms with Crippen LogP contribution in [0, 0.1) is 13.8 Å². The molecule has 1 aromatic heterocycles. The van der Waals surface area contributed by atoms with Crippen molar-refractivity contribution in [1.82, 2.24) is 4.98 Å². The van der Waals surface area contributed by atoms with Gasteiger partial charge in [0.1, 0.15) is 0 Å². The average Bonchev–Trinajstić information content (AvgIpc) is 2.78. The number of rotatable bonds is 3. The summed E-state index contributed by atoms with van der Waals surface area (Å²) in [6.45, 7) is 5.05. The number of hydrogen-bond donors (Lipinski definition) is 1. The lowest BCUT2D eigenvalue weighted by atomic mass is 10.1. The first-order chi connectivity index (χ1) is 9.20. The molecule has 3 heteroatoms. The second-order valence-corrected chi connectivity index (χ2v) is 5.86. The average molecular weight is 268 g/mol. The molecule has 0 saturated heterocycles. The predicted octanol–water partition coefficient (Wildman–Crippen LogP) is 4.53. The van der Waals surface area contributed by atoms with Crippen LogP contribution < -0.4 is 5.32 Å². The summed E-state index contributed by atoms with van der Waals surface area (Å²) in [7, 11) is 0. The smallest absolute Gasteiger partial charge is 0.184 e. The molecule has 3 rings (SSSR count). The van der Waals surface area contributed by atoms with Crippen molar-refractivity contribution in [2.45, 2.75) is 20.4 Å². The first kappa shape index (κ1) is 12.2. The molecule has 96 valence electrons. The predicted molar refractivity (Wildman–Crippen MR) is 82.9 cm³/mol. The van der Waals surface area contributed by atoms with E-state index < -0.39 is 0 Å². The number of benzene rings is 2. The van der Waals surface area contributed by atoms with Gasteiger partial charge in [0.25, 0.3) is 0 Å². The van der Waals surface area contributed by atoms with Crippen molar-refractivity contribution in [1.29, 1.82) is 0 Å². The Morgan fingerprint density at radius 3 is 2.74 bits per heavy atom. The molecule has 0 aliphatic carbocycles. The lowest BCUT2D eigenvalue weighted by Crippen LogP contribution is -1.98. The van der Waals surface area contributed by atoms with E-state index in [4.69, 9.17) is 0 Å². The van der Waals surface area contributed by atoms with Gasteiger partial charge in [0.2, 0.25) is 0 Å². The molecule has 0 atom stereocenters. The van der Waals surface area contributed by atoms with Gasteiger partial charge in [-0.05, 0) is 37.1 Å². The highest BCUT2D eigenvalue weighted by atomic mass is 32.1. The van der Waals surface area contributed by atoms with Gasteiger partial charge in [-0.1, -0.05) is 47.2 Å². The van der Waals surface area contributed by atoms with Gasteiger partial charge in [-0.3, -0.25) is 0 Å². The summed E-state index contributed by atoms with van der Waals surface area (Å²) in [5, 5.41) is 4.39. The first-order valence-electron chi connectivity index (χ1n) is 6.37. The van der Waals surface area contributed by atoms with Crippen LogP contribution in [0.15, 0.2) is 42.5 Å². The number of fused-ring (bicyclic) bond motifs is 1. The number of aromatic nitrogens is 1. The quantitative estimate of drug-likeness (QED) is 0.755. The lowest BCUT2D eigenvalue weighted by Gasteiger charge is -2.03. The van der Waals surface area contributed by atoms with Gasteiger partial charge in [-0.2, -0.15) is 0 Å². The van der Waals surface area contributed by atoms with Gasteiger partial charge in [0.05, 0.1) is 10.2 Å². The molecule has 1 N–H and O–H groups in total. The molecule has 0 fully saturated rings. The monoisotopic (exact) mass is 268 g/mol. The standard InChI is InChI=1S/C16H16N2S/c1-11-4-3-5-13(8-11)10-17-16-18-14-7-6-12(2)9-15(14)19-16/h3-9H,10H2,1-2H3,(H,17,18). The minimum atomic E-state index is 0.820. The molecular weight excluding hydrogens is 252 g/mol. The van der Waals surface area contributed by atoms with Crippen LogP contribution in [0.25, 0.3) is 10.2 Å². The van der Waals surface area contributed by atoms with Gasteiger partial charge < -0.3 is 5.32 Å². The summed E-state index contributed by atoms with van der Waals surface area (Å²) in [5.41, 5.74) is 4.93. The highest BCUT2D eigenvalue weighted by molar-refractivity contribution is 7.22. The topological polar surface area (TPSA) is 24.9 Å². The lowest BCUT2D eigenvalue weighted by molar-refractivity contribution is 1.13. The van der Waals surface area contributed by atoms with Crippen molar-refractivity contribution in [3.8, 4) is 0 Å². The number of nitrogens with zero attached hydrogens (tertiary/aromatic N) is 1.